The molecule has 14 heavy (non-hydrogen) atoms. The summed E-state index contributed by atoms with van der Waals surface area (Å²) < 4.78 is 13.0. The summed E-state index contributed by atoms with van der Waals surface area (Å²) in [6, 6.07) is 3.53. The molecular formula is C9H7FN2O2. The van der Waals surface area contributed by atoms with E-state index in [4.69, 9.17) is 6.42 Å². The summed E-state index contributed by atoms with van der Waals surface area (Å²) >= 11 is 0. The van der Waals surface area contributed by atoms with Crippen molar-refractivity contribution in [2.24, 2.45) is 0 Å². The molecule has 1 aromatic rings. The molecule has 1 aromatic carbocycles. The predicted molar refractivity (Wildman–Crippen MR) is 50.4 cm³/mol. The quantitative estimate of drug-likeness (QED) is 0.453. The van der Waals surface area contributed by atoms with Gasteiger partial charge in [0.2, 0.25) is 5.82 Å². The number of anilines is 1. The normalized spacial score (nSPS) is 9.14. The number of nitro benzene ring substituents is 1. The molecule has 0 aliphatic carbocycles. The third kappa shape index (κ3) is 2.20. The van der Waals surface area contributed by atoms with Crippen LogP contribution >= 0.6 is 0 Å². The first-order chi connectivity index (χ1) is 6.65. The number of nitrogens with one attached hydrogen (secondary N) is 1. The number of nitro groups is 1. The van der Waals surface area contributed by atoms with E-state index in [2.05, 4.69) is 11.2 Å². The number of hydrogen-bond donors (Lipinski definition) is 1. The zero-order chi connectivity index (χ0) is 10.6. The van der Waals surface area contributed by atoms with Crippen LogP contribution in [0, 0.1) is 28.3 Å². The van der Waals surface area contributed by atoms with Crippen molar-refractivity contribution in [1.29, 1.82) is 0 Å². The van der Waals surface area contributed by atoms with Crippen molar-refractivity contribution in [1.82, 2.24) is 0 Å². The van der Waals surface area contributed by atoms with E-state index in [-0.39, 0.29) is 6.54 Å². The second-order valence-corrected chi connectivity index (χ2v) is 2.48. The Balaban J connectivity index is 2.90. The molecule has 0 saturated heterocycles. The maximum Gasteiger partial charge on any atom is 0.304 e. The summed E-state index contributed by atoms with van der Waals surface area (Å²) in [5, 5.41) is 13.0. The fourth-order valence-electron chi connectivity index (χ4n) is 0.918. The van der Waals surface area contributed by atoms with E-state index in [0.717, 1.165) is 12.1 Å². The number of terminal acetylenes is 1. The Labute approximate surface area is 79.9 Å². The largest absolute Gasteiger partial charge is 0.374 e. The van der Waals surface area contributed by atoms with E-state index in [0.29, 0.717) is 5.69 Å². The third-order valence-electron chi connectivity index (χ3n) is 1.54. The smallest absolute Gasteiger partial charge is 0.304 e. The molecule has 1 rings (SSSR count). The number of rotatable bonds is 3. The molecule has 0 saturated carbocycles. The van der Waals surface area contributed by atoms with Crippen molar-refractivity contribution < 1.29 is 9.31 Å². The van der Waals surface area contributed by atoms with Crippen LogP contribution in [0.5, 0.6) is 0 Å². The summed E-state index contributed by atoms with van der Waals surface area (Å²) in [5.74, 6) is 1.43. The first-order valence-corrected chi connectivity index (χ1v) is 3.76. The van der Waals surface area contributed by atoms with E-state index in [1.807, 2.05) is 0 Å². The fraction of sp³-hybridized carbons (Fsp3) is 0.111. The van der Waals surface area contributed by atoms with Gasteiger partial charge in [-0.3, -0.25) is 10.1 Å². The average Bonchev–Trinajstić information content (AvgIpc) is 2.14. The Hall–Kier alpha value is -2.09. The third-order valence-corrected chi connectivity index (χ3v) is 1.54. The number of benzene rings is 1. The van der Waals surface area contributed by atoms with Crippen LogP contribution in [0.1, 0.15) is 0 Å². The van der Waals surface area contributed by atoms with Gasteiger partial charge in [-0.15, -0.1) is 6.42 Å². The van der Waals surface area contributed by atoms with Gasteiger partial charge >= 0.3 is 5.69 Å². The van der Waals surface area contributed by atoms with Crippen molar-refractivity contribution >= 4 is 11.4 Å². The molecule has 0 atom stereocenters. The van der Waals surface area contributed by atoms with Crippen LogP contribution in [0.25, 0.3) is 0 Å². The van der Waals surface area contributed by atoms with Crippen molar-refractivity contribution in [3.8, 4) is 12.3 Å². The average molecular weight is 194 g/mol. The van der Waals surface area contributed by atoms with Crippen LogP contribution in [0.3, 0.4) is 0 Å². The van der Waals surface area contributed by atoms with Crippen molar-refractivity contribution in [2.45, 2.75) is 0 Å². The standard InChI is InChI=1S/C9H7FN2O2/c1-2-5-11-7-3-4-9(12(13)14)8(10)6-7/h1,3-4,6,11H,5H2. The lowest BCUT2D eigenvalue weighted by molar-refractivity contribution is -0.387. The molecular weight excluding hydrogens is 187 g/mol. The molecule has 1 N–H and O–H groups in total. The molecule has 0 heterocycles. The SMILES string of the molecule is C#CCNc1ccc([N+](=O)[O-])c(F)c1. The summed E-state index contributed by atoms with van der Waals surface area (Å²) in [5.41, 5.74) is -0.123. The molecule has 0 unspecified atom stereocenters. The molecule has 0 bridgehead atoms. The van der Waals surface area contributed by atoms with Crippen molar-refractivity contribution in [2.75, 3.05) is 11.9 Å². The number of halogens is 1. The highest BCUT2D eigenvalue weighted by Crippen LogP contribution is 2.20. The molecule has 0 amide bonds. The van der Waals surface area contributed by atoms with Crippen LogP contribution in [0.15, 0.2) is 18.2 Å². The zero-order valence-electron chi connectivity index (χ0n) is 7.16. The Morgan fingerprint density at radius 3 is 2.86 bits per heavy atom. The highest BCUT2D eigenvalue weighted by Gasteiger charge is 2.13. The first-order valence-electron chi connectivity index (χ1n) is 3.76. The van der Waals surface area contributed by atoms with Gasteiger partial charge < -0.3 is 5.32 Å². The Kier molecular flexibility index (Phi) is 3.02. The maximum absolute atomic E-state index is 13.0. The number of hydrogen-bond acceptors (Lipinski definition) is 3. The van der Waals surface area contributed by atoms with Crippen LogP contribution < -0.4 is 5.32 Å². The first kappa shape index (κ1) is 9.99. The van der Waals surface area contributed by atoms with Crippen LogP contribution in [0.4, 0.5) is 15.8 Å². The number of nitrogens with zero attached hydrogens (tertiary/aromatic N) is 1. The van der Waals surface area contributed by atoms with Gasteiger partial charge in [0.15, 0.2) is 0 Å². The zero-order valence-corrected chi connectivity index (χ0v) is 7.16. The molecule has 0 radical (unpaired) electrons. The second-order valence-electron chi connectivity index (χ2n) is 2.48. The van der Waals surface area contributed by atoms with E-state index in [9.17, 15) is 14.5 Å². The molecule has 72 valence electrons. The van der Waals surface area contributed by atoms with Gasteiger partial charge in [-0.05, 0) is 6.07 Å². The molecule has 0 aliphatic rings. The monoisotopic (exact) mass is 194 g/mol. The maximum atomic E-state index is 13.0. The van der Waals surface area contributed by atoms with Crippen molar-refractivity contribution in [3.63, 3.8) is 0 Å². The minimum Gasteiger partial charge on any atom is -0.374 e. The van der Waals surface area contributed by atoms with Gasteiger partial charge in [-0.2, -0.15) is 4.39 Å². The van der Waals surface area contributed by atoms with E-state index in [1.54, 1.807) is 0 Å². The lowest BCUT2D eigenvalue weighted by Gasteiger charge is -2.01. The van der Waals surface area contributed by atoms with Gasteiger partial charge in [-0.1, -0.05) is 5.92 Å². The van der Waals surface area contributed by atoms with Gasteiger partial charge in [0.1, 0.15) is 0 Å². The Bertz CT molecular complexity index is 398. The predicted octanol–water partition coefficient (Wildman–Crippen LogP) is 1.78. The summed E-state index contributed by atoms with van der Waals surface area (Å²) in [6.45, 7) is 0.247. The lowest BCUT2D eigenvalue weighted by atomic mass is 10.2. The van der Waals surface area contributed by atoms with Crippen LogP contribution in [0.2, 0.25) is 0 Å². The molecule has 0 aromatic heterocycles. The Morgan fingerprint density at radius 2 is 2.36 bits per heavy atom. The highest BCUT2D eigenvalue weighted by atomic mass is 19.1. The van der Waals surface area contributed by atoms with Gasteiger partial charge in [0.25, 0.3) is 0 Å². The summed E-state index contributed by atoms with van der Waals surface area (Å²) in [6.07, 6.45) is 4.98. The van der Waals surface area contributed by atoms with E-state index >= 15 is 0 Å². The summed E-state index contributed by atoms with van der Waals surface area (Å²) in [4.78, 5) is 9.48. The van der Waals surface area contributed by atoms with Gasteiger partial charge in [-0.25, -0.2) is 0 Å². The minimum atomic E-state index is -0.878. The van der Waals surface area contributed by atoms with E-state index < -0.39 is 16.4 Å². The molecule has 0 spiro atoms. The molecule has 4 nitrogen and oxygen atoms in total. The highest BCUT2D eigenvalue weighted by molar-refractivity contribution is 5.50. The minimum absolute atomic E-state index is 0.247. The molecule has 5 heteroatoms. The van der Waals surface area contributed by atoms with Crippen LogP contribution in [-0.2, 0) is 0 Å². The molecule has 0 aliphatic heterocycles. The van der Waals surface area contributed by atoms with E-state index in [1.165, 1.54) is 6.07 Å². The van der Waals surface area contributed by atoms with Crippen LogP contribution in [-0.4, -0.2) is 11.5 Å². The van der Waals surface area contributed by atoms with Gasteiger partial charge in [0, 0.05) is 17.8 Å². The second kappa shape index (κ2) is 4.23. The molecule has 0 fully saturated rings. The lowest BCUT2D eigenvalue weighted by Crippen LogP contribution is -2.00. The van der Waals surface area contributed by atoms with Crippen molar-refractivity contribution in [3.05, 3.63) is 34.1 Å². The topological polar surface area (TPSA) is 55.2 Å². The Morgan fingerprint density at radius 1 is 1.64 bits per heavy atom. The summed E-state index contributed by atoms with van der Waals surface area (Å²) in [7, 11) is 0. The van der Waals surface area contributed by atoms with Gasteiger partial charge in [0.05, 0.1) is 11.5 Å². The fourth-order valence-corrected chi connectivity index (χ4v) is 0.918.